The SMILES string of the molecule is COc1cc(Cl)cc(-c2cccc(Cl)c2)c1OC. The van der Waals surface area contributed by atoms with Crippen molar-refractivity contribution in [3.8, 4) is 22.6 Å². The van der Waals surface area contributed by atoms with Crippen molar-refractivity contribution in [1.29, 1.82) is 0 Å². The molecular weight excluding hydrogens is 271 g/mol. The molecule has 0 bridgehead atoms. The summed E-state index contributed by atoms with van der Waals surface area (Å²) in [7, 11) is 3.18. The summed E-state index contributed by atoms with van der Waals surface area (Å²) in [6, 6.07) is 11.0. The van der Waals surface area contributed by atoms with Gasteiger partial charge in [-0.15, -0.1) is 0 Å². The summed E-state index contributed by atoms with van der Waals surface area (Å²) >= 11 is 12.1. The molecule has 0 radical (unpaired) electrons. The molecule has 0 saturated heterocycles. The molecule has 0 unspecified atom stereocenters. The van der Waals surface area contributed by atoms with Crippen LogP contribution in [0.2, 0.25) is 10.0 Å². The Morgan fingerprint density at radius 2 is 1.67 bits per heavy atom. The topological polar surface area (TPSA) is 18.5 Å². The lowest BCUT2D eigenvalue weighted by atomic mass is 10.0. The Morgan fingerprint density at radius 3 is 2.28 bits per heavy atom. The molecule has 0 aliphatic carbocycles. The first kappa shape index (κ1) is 13.1. The Hall–Kier alpha value is -1.38. The number of hydrogen-bond donors (Lipinski definition) is 0. The molecule has 0 spiro atoms. The van der Waals surface area contributed by atoms with Gasteiger partial charge < -0.3 is 9.47 Å². The predicted octanol–water partition coefficient (Wildman–Crippen LogP) is 4.68. The third kappa shape index (κ3) is 2.55. The Labute approximate surface area is 116 Å². The van der Waals surface area contributed by atoms with E-state index in [9.17, 15) is 0 Å². The van der Waals surface area contributed by atoms with Crippen LogP contribution in [-0.4, -0.2) is 14.2 Å². The molecule has 4 heteroatoms. The van der Waals surface area contributed by atoms with Crippen LogP contribution in [0.25, 0.3) is 11.1 Å². The smallest absolute Gasteiger partial charge is 0.168 e. The van der Waals surface area contributed by atoms with E-state index >= 15 is 0 Å². The van der Waals surface area contributed by atoms with Crippen LogP contribution in [-0.2, 0) is 0 Å². The maximum absolute atomic E-state index is 6.08. The largest absolute Gasteiger partial charge is 0.493 e. The van der Waals surface area contributed by atoms with Gasteiger partial charge in [0.25, 0.3) is 0 Å². The first-order chi connectivity index (χ1) is 8.65. The Balaban J connectivity index is 2.66. The average molecular weight is 283 g/mol. The van der Waals surface area contributed by atoms with Crippen LogP contribution in [0.15, 0.2) is 36.4 Å². The van der Waals surface area contributed by atoms with Crippen LogP contribution in [0.1, 0.15) is 0 Å². The molecule has 18 heavy (non-hydrogen) atoms. The number of benzene rings is 2. The molecule has 0 aliphatic heterocycles. The molecule has 2 aromatic rings. The van der Waals surface area contributed by atoms with Crippen molar-refractivity contribution in [3.63, 3.8) is 0 Å². The lowest BCUT2D eigenvalue weighted by Gasteiger charge is -2.13. The summed E-state index contributed by atoms with van der Waals surface area (Å²) in [5, 5.41) is 1.25. The van der Waals surface area contributed by atoms with Crippen molar-refractivity contribution in [2.45, 2.75) is 0 Å². The highest BCUT2D eigenvalue weighted by molar-refractivity contribution is 6.31. The maximum atomic E-state index is 6.08. The minimum atomic E-state index is 0.586. The number of halogens is 2. The number of rotatable bonds is 3. The second-order valence-electron chi connectivity index (χ2n) is 3.70. The molecule has 0 N–H and O–H groups in total. The number of methoxy groups -OCH3 is 2. The van der Waals surface area contributed by atoms with Gasteiger partial charge in [0.15, 0.2) is 11.5 Å². The molecule has 94 valence electrons. The van der Waals surface area contributed by atoms with Crippen molar-refractivity contribution < 1.29 is 9.47 Å². The Morgan fingerprint density at radius 1 is 0.889 bits per heavy atom. The fourth-order valence-corrected chi connectivity index (χ4v) is 2.20. The van der Waals surface area contributed by atoms with E-state index in [1.807, 2.05) is 30.3 Å². The van der Waals surface area contributed by atoms with Crippen LogP contribution in [0, 0.1) is 0 Å². The van der Waals surface area contributed by atoms with Crippen molar-refractivity contribution in [1.82, 2.24) is 0 Å². The highest BCUT2D eigenvalue weighted by Gasteiger charge is 2.13. The van der Waals surface area contributed by atoms with Crippen LogP contribution >= 0.6 is 23.2 Å². The van der Waals surface area contributed by atoms with Crippen LogP contribution in [0.5, 0.6) is 11.5 Å². The van der Waals surface area contributed by atoms with Gasteiger partial charge in [-0.05, 0) is 23.8 Å². The number of hydrogen-bond acceptors (Lipinski definition) is 2. The molecule has 2 nitrogen and oxygen atoms in total. The molecule has 0 heterocycles. The normalized spacial score (nSPS) is 10.2. The van der Waals surface area contributed by atoms with E-state index in [-0.39, 0.29) is 0 Å². The van der Waals surface area contributed by atoms with Gasteiger partial charge in [0.1, 0.15) is 0 Å². The predicted molar refractivity (Wildman–Crippen MR) is 75.0 cm³/mol. The average Bonchev–Trinajstić information content (AvgIpc) is 2.37. The van der Waals surface area contributed by atoms with E-state index in [1.165, 1.54) is 0 Å². The van der Waals surface area contributed by atoms with Gasteiger partial charge in [0, 0.05) is 21.7 Å². The van der Waals surface area contributed by atoms with Crippen molar-refractivity contribution in [2.75, 3.05) is 14.2 Å². The van der Waals surface area contributed by atoms with E-state index in [4.69, 9.17) is 32.7 Å². The van der Waals surface area contributed by atoms with Crippen molar-refractivity contribution in [3.05, 3.63) is 46.4 Å². The second kappa shape index (κ2) is 5.51. The molecule has 0 fully saturated rings. The Bertz CT molecular complexity index is 568. The van der Waals surface area contributed by atoms with Gasteiger partial charge >= 0.3 is 0 Å². The number of ether oxygens (including phenoxy) is 2. The lowest BCUT2D eigenvalue weighted by molar-refractivity contribution is 0.356. The van der Waals surface area contributed by atoms with Crippen LogP contribution in [0.4, 0.5) is 0 Å². The molecule has 0 aliphatic rings. The van der Waals surface area contributed by atoms with Gasteiger partial charge in [-0.1, -0.05) is 35.3 Å². The quantitative estimate of drug-likeness (QED) is 0.814. The molecule has 0 saturated carbocycles. The van der Waals surface area contributed by atoms with E-state index in [0.717, 1.165) is 11.1 Å². The standard InChI is InChI=1S/C14H12Cl2O2/c1-17-13-8-11(16)7-12(14(13)18-2)9-4-3-5-10(15)6-9/h3-8H,1-2H3. The third-order valence-electron chi connectivity index (χ3n) is 2.58. The van der Waals surface area contributed by atoms with E-state index in [1.54, 1.807) is 20.3 Å². The second-order valence-corrected chi connectivity index (χ2v) is 4.57. The highest BCUT2D eigenvalue weighted by atomic mass is 35.5. The zero-order valence-corrected chi connectivity index (χ0v) is 11.5. The summed E-state index contributed by atoms with van der Waals surface area (Å²) in [6.07, 6.45) is 0. The first-order valence-electron chi connectivity index (χ1n) is 5.33. The molecular formula is C14H12Cl2O2. The maximum Gasteiger partial charge on any atom is 0.168 e. The van der Waals surface area contributed by atoms with E-state index in [0.29, 0.717) is 21.5 Å². The van der Waals surface area contributed by atoms with Gasteiger partial charge in [-0.3, -0.25) is 0 Å². The Kier molecular flexibility index (Phi) is 4.00. The summed E-state index contributed by atoms with van der Waals surface area (Å²) in [6.45, 7) is 0. The van der Waals surface area contributed by atoms with Crippen molar-refractivity contribution in [2.24, 2.45) is 0 Å². The fourth-order valence-electron chi connectivity index (χ4n) is 1.80. The summed E-state index contributed by atoms with van der Waals surface area (Å²) in [4.78, 5) is 0. The van der Waals surface area contributed by atoms with Crippen LogP contribution < -0.4 is 9.47 Å². The molecule has 0 aromatic heterocycles. The highest BCUT2D eigenvalue weighted by Crippen LogP contribution is 2.40. The zero-order valence-electron chi connectivity index (χ0n) is 10.0. The van der Waals surface area contributed by atoms with Gasteiger partial charge in [0.2, 0.25) is 0 Å². The zero-order chi connectivity index (χ0) is 13.1. The molecule has 0 amide bonds. The van der Waals surface area contributed by atoms with E-state index < -0.39 is 0 Å². The van der Waals surface area contributed by atoms with Gasteiger partial charge in [0.05, 0.1) is 14.2 Å². The minimum Gasteiger partial charge on any atom is -0.493 e. The first-order valence-corrected chi connectivity index (χ1v) is 6.08. The summed E-state index contributed by atoms with van der Waals surface area (Å²) < 4.78 is 10.7. The minimum absolute atomic E-state index is 0.586. The van der Waals surface area contributed by atoms with Crippen molar-refractivity contribution >= 4 is 23.2 Å². The molecule has 0 atom stereocenters. The van der Waals surface area contributed by atoms with Gasteiger partial charge in [-0.2, -0.15) is 0 Å². The lowest BCUT2D eigenvalue weighted by Crippen LogP contribution is -1.93. The monoisotopic (exact) mass is 282 g/mol. The molecule has 2 aromatic carbocycles. The van der Waals surface area contributed by atoms with Gasteiger partial charge in [-0.25, -0.2) is 0 Å². The third-order valence-corrected chi connectivity index (χ3v) is 3.03. The van der Waals surface area contributed by atoms with Crippen LogP contribution in [0.3, 0.4) is 0 Å². The van der Waals surface area contributed by atoms with E-state index in [2.05, 4.69) is 0 Å². The summed E-state index contributed by atoms with van der Waals surface area (Å²) in [5.41, 5.74) is 1.78. The summed E-state index contributed by atoms with van der Waals surface area (Å²) in [5.74, 6) is 1.24. The fraction of sp³-hybridized carbons (Fsp3) is 0.143. The molecule has 2 rings (SSSR count).